The summed E-state index contributed by atoms with van der Waals surface area (Å²) in [6.07, 6.45) is 0. The normalized spacial score (nSPS) is 16.6. The van der Waals surface area contributed by atoms with Crippen LogP contribution in [-0.2, 0) is 4.79 Å². The summed E-state index contributed by atoms with van der Waals surface area (Å²) in [6.45, 7) is 7.54. The molecule has 4 heterocycles. The minimum Gasteiger partial charge on any atom is -0.503 e. The Morgan fingerprint density at radius 2 is 1.88 bits per heavy atom. The van der Waals surface area contributed by atoms with Crippen LogP contribution in [0.25, 0.3) is 10.2 Å². The van der Waals surface area contributed by atoms with Gasteiger partial charge in [0, 0.05) is 4.88 Å². The molecule has 9 heteroatoms. The van der Waals surface area contributed by atoms with Gasteiger partial charge in [-0.15, -0.1) is 22.7 Å². The van der Waals surface area contributed by atoms with Crippen LogP contribution in [0.3, 0.4) is 0 Å². The second kappa shape index (κ2) is 7.61. The fourth-order valence-electron chi connectivity index (χ4n) is 3.93. The van der Waals surface area contributed by atoms with E-state index in [0.29, 0.717) is 15.7 Å². The number of aromatic nitrogens is 2. The molecule has 162 valence electrons. The van der Waals surface area contributed by atoms with E-state index in [2.05, 4.69) is 9.97 Å². The van der Waals surface area contributed by atoms with Crippen LogP contribution in [0.1, 0.15) is 42.4 Å². The van der Waals surface area contributed by atoms with E-state index in [9.17, 15) is 14.7 Å². The fraction of sp³-hybridized carbons (Fsp3) is 0.217. The zero-order valence-electron chi connectivity index (χ0n) is 17.8. The van der Waals surface area contributed by atoms with Gasteiger partial charge in [0.25, 0.3) is 5.91 Å². The minimum atomic E-state index is -0.738. The van der Waals surface area contributed by atoms with E-state index < -0.39 is 17.7 Å². The predicted molar refractivity (Wildman–Crippen MR) is 129 cm³/mol. The molecular weight excluding hydrogens is 462 g/mol. The number of aryl methyl sites for hydroxylation is 4. The lowest BCUT2D eigenvalue weighted by Crippen LogP contribution is -2.30. The number of benzene rings is 1. The van der Waals surface area contributed by atoms with Crippen LogP contribution in [0.4, 0.5) is 5.13 Å². The van der Waals surface area contributed by atoms with E-state index in [4.69, 9.17) is 0 Å². The van der Waals surface area contributed by atoms with Gasteiger partial charge in [-0.3, -0.25) is 14.5 Å². The standard InChI is InChI=1S/C23H19N3O3S3/c1-10-5-6-14-15(9-10)32-23(25-14)26-17(20-11(2)7-8-30-20)16(19(28)22(26)29)18(27)21-12(3)24-13(4)31-21/h5-9,17,28H,1-4H3. The van der Waals surface area contributed by atoms with Crippen LogP contribution in [0.2, 0.25) is 0 Å². The van der Waals surface area contributed by atoms with Crippen molar-refractivity contribution in [1.29, 1.82) is 0 Å². The number of nitrogens with zero attached hydrogens (tertiary/aromatic N) is 3. The number of amides is 1. The Morgan fingerprint density at radius 3 is 2.53 bits per heavy atom. The predicted octanol–water partition coefficient (Wildman–Crippen LogP) is 5.83. The van der Waals surface area contributed by atoms with Gasteiger partial charge >= 0.3 is 0 Å². The third-order valence-corrected chi connectivity index (χ3v) is 8.61. The van der Waals surface area contributed by atoms with Crippen molar-refractivity contribution in [2.45, 2.75) is 33.7 Å². The lowest BCUT2D eigenvalue weighted by Gasteiger charge is -2.23. The molecule has 1 aromatic carbocycles. The summed E-state index contributed by atoms with van der Waals surface area (Å²) in [5.74, 6) is -1.49. The summed E-state index contributed by atoms with van der Waals surface area (Å²) in [5, 5.41) is 14.1. The molecule has 1 amide bonds. The van der Waals surface area contributed by atoms with Crippen LogP contribution in [0, 0.1) is 27.7 Å². The number of aliphatic hydroxyl groups is 1. The summed E-state index contributed by atoms with van der Waals surface area (Å²) >= 11 is 4.11. The summed E-state index contributed by atoms with van der Waals surface area (Å²) in [7, 11) is 0. The van der Waals surface area contributed by atoms with Crippen LogP contribution < -0.4 is 4.90 Å². The second-order valence-corrected chi connectivity index (χ2v) is 10.9. The van der Waals surface area contributed by atoms with Crippen molar-refractivity contribution in [3.8, 4) is 0 Å². The maximum atomic E-state index is 13.6. The number of thiophene rings is 1. The summed E-state index contributed by atoms with van der Waals surface area (Å²) < 4.78 is 0.947. The molecule has 1 aliphatic heterocycles. The number of ketones is 1. The van der Waals surface area contributed by atoms with Crippen molar-refractivity contribution in [3.05, 3.63) is 72.6 Å². The molecule has 1 unspecified atom stereocenters. The molecule has 6 nitrogen and oxygen atoms in total. The van der Waals surface area contributed by atoms with Gasteiger partial charge in [0.15, 0.2) is 10.9 Å². The third-order valence-electron chi connectivity index (χ3n) is 5.45. The van der Waals surface area contributed by atoms with Gasteiger partial charge in [0.2, 0.25) is 5.78 Å². The topological polar surface area (TPSA) is 83.4 Å². The first kappa shape index (κ1) is 21.0. The molecule has 0 aliphatic carbocycles. The SMILES string of the molecule is Cc1ccc2nc(N3C(=O)C(O)=C(C(=O)c4sc(C)nc4C)C3c3sccc3C)sc2c1. The van der Waals surface area contributed by atoms with Crippen molar-refractivity contribution in [3.63, 3.8) is 0 Å². The molecular formula is C23H19N3O3S3. The highest BCUT2D eigenvalue weighted by Crippen LogP contribution is 2.46. The highest BCUT2D eigenvalue weighted by molar-refractivity contribution is 7.22. The van der Waals surface area contributed by atoms with Crippen LogP contribution >= 0.6 is 34.0 Å². The highest BCUT2D eigenvalue weighted by Gasteiger charge is 2.47. The Kier molecular flexibility index (Phi) is 4.99. The smallest absolute Gasteiger partial charge is 0.296 e. The minimum absolute atomic E-state index is 0.0859. The Labute approximate surface area is 196 Å². The first-order valence-electron chi connectivity index (χ1n) is 9.93. The molecule has 0 saturated carbocycles. The van der Waals surface area contributed by atoms with Crippen LogP contribution in [0.5, 0.6) is 0 Å². The Balaban J connectivity index is 1.69. The molecule has 1 aliphatic rings. The zero-order valence-corrected chi connectivity index (χ0v) is 20.2. The molecule has 3 aromatic heterocycles. The number of carbonyl (C=O) groups is 2. The molecule has 1 N–H and O–H groups in total. The lowest BCUT2D eigenvalue weighted by molar-refractivity contribution is -0.117. The number of Topliss-reactive ketones (excluding diaryl/α,β-unsaturated/α-hetero) is 1. The van der Waals surface area contributed by atoms with E-state index in [1.165, 1.54) is 38.9 Å². The molecule has 1 atom stereocenters. The molecule has 4 aromatic rings. The van der Waals surface area contributed by atoms with Gasteiger partial charge in [-0.1, -0.05) is 17.4 Å². The molecule has 5 rings (SSSR count). The van der Waals surface area contributed by atoms with E-state index in [-0.39, 0.29) is 11.4 Å². The maximum absolute atomic E-state index is 13.6. The highest BCUT2D eigenvalue weighted by atomic mass is 32.1. The van der Waals surface area contributed by atoms with Crippen molar-refractivity contribution < 1.29 is 14.7 Å². The monoisotopic (exact) mass is 481 g/mol. The van der Waals surface area contributed by atoms with Crippen LogP contribution in [0.15, 0.2) is 41.0 Å². The maximum Gasteiger partial charge on any atom is 0.296 e. The van der Waals surface area contributed by atoms with Gasteiger partial charge in [-0.25, -0.2) is 9.97 Å². The molecule has 0 saturated heterocycles. The number of fused-ring (bicyclic) bond motifs is 1. The Hall–Kier alpha value is -2.88. The fourth-order valence-corrected chi connectivity index (χ4v) is 6.92. The first-order valence-corrected chi connectivity index (χ1v) is 12.4. The van der Waals surface area contributed by atoms with E-state index in [1.807, 2.05) is 50.4 Å². The second-order valence-electron chi connectivity index (χ2n) is 7.75. The number of carbonyl (C=O) groups excluding carboxylic acids is 2. The quantitative estimate of drug-likeness (QED) is 0.371. The number of hydrogen-bond donors (Lipinski definition) is 1. The summed E-state index contributed by atoms with van der Waals surface area (Å²) in [4.78, 5) is 38.7. The van der Waals surface area contributed by atoms with E-state index >= 15 is 0 Å². The van der Waals surface area contributed by atoms with Gasteiger partial charge in [0.1, 0.15) is 6.04 Å². The number of thiazole rings is 2. The molecule has 0 bridgehead atoms. The van der Waals surface area contributed by atoms with Gasteiger partial charge < -0.3 is 5.11 Å². The van der Waals surface area contributed by atoms with Gasteiger partial charge in [0.05, 0.1) is 31.4 Å². The van der Waals surface area contributed by atoms with E-state index in [1.54, 1.807) is 6.92 Å². The zero-order chi connectivity index (χ0) is 22.7. The van der Waals surface area contributed by atoms with Crippen LogP contribution in [-0.4, -0.2) is 26.8 Å². The Bertz CT molecular complexity index is 1440. The number of rotatable bonds is 4. The third kappa shape index (κ3) is 3.19. The molecule has 0 fully saturated rings. The Morgan fingerprint density at radius 1 is 1.09 bits per heavy atom. The van der Waals surface area contributed by atoms with Crippen molar-refractivity contribution in [1.82, 2.24) is 9.97 Å². The van der Waals surface area contributed by atoms with Gasteiger partial charge in [-0.05, 0) is 62.4 Å². The number of aliphatic hydroxyl groups excluding tert-OH is 1. The van der Waals surface area contributed by atoms with Crippen molar-refractivity contribution >= 4 is 61.0 Å². The molecule has 0 radical (unpaired) electrons. The van der Waals surface area contributed by atoms with Gasteiger partial charge in [-0.2, -0.15) is 0 Å². The largest absolute Gasteiger partial charge is 0.503 e. The number of anilines is 1. The van der Waals surface area contributed by atoms with E-state index in [0.717, 1.165) is 31.2 Å². The molecule has 0 spiro atoms. The summed E-state index contributed by atoms with van der Waals surface area (Å²) in [5.41, 5.74) is 3.51. The average Bonchev–Trinajstić information content (AvgIpc) is 3.48. The number of hydrogen-bond acceptors (Lipinski definition) is 8. The van der Waals surface area contributed by atoms with Crippen molar-refractivity contribution in [2.24, 2.45) is 0 Å². The average molecular weight is 482 g/mol. The summed E-state index contributed by atoms with van der Waals surface area (Å²) in [6, 6.07) is 7.12. The van der Waals surface area contributed by atoms with Crippen molar-refractivity contribution in [2.75, 3.05) is 4.90 Å². The molecule has 32 heavy (non-hydrogen) atoms. The lowest BCUT2D eigenvalue weighted by atomic mass is 9.99. The first-order chi connectivity index (χ1) is 15.3.